The minimum Gasteiger partial charge on any atom is -0.756 e. The lowest BCUT2D eigenvalue weighted by atomic mass is 10.0. The second-order valence-corrected chi connectivity index (χ2v) is 27.7. The lowest BCUT2D eigenvalue weighted by Crippen LogP contribution is -2.45. The van der Waals surface area contributed by atoms with Crippen molar-refractivity contribution in [1.82, 2.24) is 5.32 Å². The predicted octanol–water partition coefficient (Wildman–Crippen LogP) is 23.6. The molecular weight excluding hydrogens is 1100 g/mol. The van der Waals surface area contributed by atoms with Gasteiger partial charge in [-0.2, -0.15) is 0 Å². The molecule has 0 saturated carbocycles. The standard InChI is InChI=1S/C79H143N2O6P/c1-6-8-10-12-14-16-18-20-22-24-26-28-30-32-34-36-38-39-40-41-43-45-47-49-51-53-55-57-59-61-63-65-67-69-71-73-79(83)80-77(76-87-88(84,85)86-75-74-81(3,4)5)78(82)72-70-68-66-64-62-60-58-56-54-52-50-48-46-44-42-37-35-33-31-29-27-25-23-21-19-17-15-13-11-9-7-2/h8,10,14,16,20,22,26,28,32,34,38-39,41,43,62,64,70,72,77-78,82H,6-7,9,11-13,15,17-19,21,23-25,27,29-31,33,35-37,40,42,44-61,63,65-69,71,73-76H2,1-5H3,(H-,80,83,84,85)/b10-8-,16-14-,22-20-,28-26-,34-32-,39-38-,43-41-,64-62+,72-70+. The predicted molar refractivity (Wildman–Crippen MR) is 385 cm³/mol. The number of rotatable bonds is 68. The van der Waals surface area contributed by atoms with Crippen molar-refractivity contribution in [3.63, 3.8) is 0 Å². The van der Waals surface area contributed by atoms with Gasteiger partial charge in [-0.25, -0.2) is 0 Å². The number of phosphoric ester groups is 1. The van der Waals surface area contributed by atoms with E-state index in [1.807, 2.05) is 27.2 Å². The van der Waals surface area contributed by atoms with Crippen molar-refractivity contribution in [2.45, 2.75) is 347 Å². The molecule has 0 saturated heterocycles. The average molecular weight is 1250 g/mol. The second-order valence-electron chi connectivity index (χ2n) is 26.3. The van der Waals surface area contributed by atoms with E-state index in [9.17, 15) is 19.4 Å². The average Bonchev–Trinajstić information content (AvgIpc) is 3.64. The number of hydrogen-bond acceptors (Lipinski definition) is 6. The third-order valence-electron chi connectivity index (χ3n) is 16.5. The van der Waals surface area contributed by atoms with Crippen LogP contribution in [0.1, 0.15) is 335 Å². The van der Waals surface area contributed by atoms with Gasteiger partial charge in [0.2, 0.25) is 5.91 Å². The molecule has 0 fully saturated rings. The van der Waals surface area contributed by atoms with Crippen LogP contribution in [0.5, 0.6) is 0 Å². The Bertz CT molecular complexity index is 1810. The summed E-state index contributed by atoms with van der Waals surface area (Å²) in [7, 11) is 1.24. The molecule has 0 aliphatic heterocycles. The molecule has 0 aromatic rings. The van der Waals surface area contributed by atoms with Gasteiger partial charge in [0.05, 0.1) is 39.9 Å². The first-order valence-electron chi connectivity index (χ1n) is 37.2. The summed E-state index contributed by atoms with van der Waals surface area (Å²) in [4.78, 5) is 25.7. The summed E-state index contributed by atoms with van der Waals surface area (Å²) < 4.78 is 23.5. The number of aliphatic hydroxyl groups excluding tert-OH is 1. The highest BCUT2D eigenvalue weighted by Crippen LogP contribution is 2.38. The lowest BCUT2D eigenvalue weighted by Gasteiger charge is -2.29. The highest BCUT2D eigenvalue weighted by molar-refractivity contribution is 7.45. The smallest absolute Gasteiger partial charge is 0.268 e. The molecule has 0 rings (SSSR count). The molecule has 9 heteroatoms. The Labute approximate surface area is 546 Å². The minimum absolute atomic E-state index is 0.0102. The van der Waals surface area contributed by atoms with Gasteiger partial charge in [0.1, 0.15) is 13.2 Å². The molecule has 3 atom stereocenters. The molecule has 0 aromatic carbocycles. The Morgan fingerprint density at radius 1 is 0.409 bits per heavy atom. The quantitative estimate of drug-likeness (QED) is 0.0272. The van der Waals surface area contributed by atoms with Gasteiger partial charge in [-0.15, -0.1) is 0 Å². The minimum atomic E-state index is -4.62. The van der Waals surface area contributed by atoms with Gasteiger partial charge in [-0.3, -0.25) is 9.36 Å². The summed E-state index contributed by atoms with van der Waals surface area (Å²) in [6.07, 6.45) is 101. The molecule has 0 aliphatic carbocycles. The fourth-order valence-electron chi connectivity index (χ4n) is 10.7. The number of hydrogen-bond donors (Lipinski definition) is 2. The third-order valence-corrected chi connectivity index (χ3v) is 17.4. The molecule has 0 radical (unpaired) electrons. The van der Waals surface area contributed by atoms with Gasteiger partial charge in [-0.1, -0.05) is 348 Å². The lowest BCUT2D eigenvalue weighted by molar-refractivity contribution is -0.870. The van der Waals surface area contributed by atoms with E-state index < -0.39 is 26.6 Å². The van der Waals surface area contributed by atoms with Gasteiger partial charge in [0, 0.05) is 6.42 Å². The number of nitrogens with one attached hydrogen (secondary N) is 1. The van der Waals surface area contributed by atoms with Crippen molar-refractivity contribution in [1.29, 1.82) is 0 Å². The highest BCUT2D eigenvalue weighted by atomic mass is 31.2. The molecule has 0 spiro atoms. The van der Waals surface area contributed by atoms with Crippen molar-refractivity contribution < 1.29 is 32.9 Å². The molecular formula is C79H143N2O6P. The van der Waals surface area contributed by atoms with Crippen LogP contribution in [-0.2, 0) is 18.4 Å². The number of carbonyl (C=O) groups excluding carboxylic acids is 1. The van der Waals surface area contributed by atoms with Gasteiger partial charge < -0.3 is 28.8 Å². The summed E-state index contributed by atoms with van der Waals surface area (Å²) in [6.45, 7) is 4.55. The van der Waals surface area contributed by atoms with E-state index >= 15 is 0 Å². The van der Waals surface area contributed by atoms with E-state index in [1.165, 1.54) is 231 Å². The largest absolute Gasteiger partial charge is 0.756 e. The van der Waals surface area contributed by atoms with E-state index in [-0.39, 0.29) is 12.5 Å². The molecule has 0 aromatic heterocycles. The molecule has 510 valence electrons. The van der Waals surface area contributed by atoms with Gasteiger partial charge in [-0.05, 0) is 89.9 Å². The zero-order valence-corrected chi connectivity index (χ0v) is 59.3. The number of nitrogens with zero attached hydrogens (tertiary/aromatic N) is 1. The van der Waals surface area contributed by atoms with E-state index in [2.05, 4.69) is 116 Å². The fourth-order valence-corrected chi connectivity index (χ4v) is 11.5. The number of quaternary nitrogens is 1. The maximum Gasteiger partial charge on any atom is 0.268 e. The topological polar surface area (TPSA) is 108 Å². The zero-order chi connectivity index (χ0) is 64.1. The molecule has 3 unspecified atom stereocenters. The summed E-state index contributed by atoms with van der Waals surface area (Å²) in [5.74, 6) is -0.208. The molecule has 2 N–H and O–H groups in total. The SMILES string of the molecule is CC/C=C\C/C=C\C/C=C\C/C=C\C/C=C\C/C=C\C/C=C\CCCCCCCCCCCCCCCC(=O)NC(COP(=O)([O-])OCC[N+](C)(C)C)C(O)/C=C/CC/C=C/CCCCCCCCCCCCCCCCCCCCCCCCCCC. The molecule has 0 aliphatic rings. The van der Waals surface area contributed by atoms with E-state index in [0.717, 1.165) is 83.5 Å². The monoisotopic (exact) mass is 1250 g/mol. The van der Waals surface area contributed by atoms with E-state index in [0.29, 0.717) is 17.4 Å². The first-order chi connectivity index (χ1) is 43.0. The Hall–Kier alpha value is -2.84. The van der Waals surface area contributed by atoms with Crippen LogP contribution in [0.25, 0.3) is 0 Å². The Morgan fingerprint density at radius 3 is 1.06 bits per heavy atom. The molecule has 0 heterocycles. The molecule has 0 bridgehead atoms. The van der Waals surface area contributed by atoms with Crippen molar-refractivity contribution in [3.8, 4) is 0 Å². The van der Waals surface area contributed by atoms with Crippen LogP contribution in [0.3, 0.4) is 0 Å². The number of carbonyl (C=O) groups is 1. The Morgan fingerprint density at radius 2 is 0.705 bits per heavy atom. The number of allylic oxidation sites excluding steroid dienone is 17. The Balaban J connectivity index is 4.09. The highest BCUT2D eigenvalue weighted by Gasteiger charge is 2.23. The molecule has 88 heavy (non-hydrogen) atoms. The van der Waals surface area contributed by atoms with Crippen LogP contribution >= 0.6 is 7.82 Å². The van der Waals surface area contributed by atoms with Crippen LogP contribution in [0.15, 0.2) is 109 Å². The van der Waals surface area contributed by atoms with E-state index in [4.69, 9.17) is 9.05 Å². The first kappa shape index (κ1) is 85.2. The van der Waals surface area contributed by atoms with Gasteiger partial charge in [0.15, 0.2) is 0 Å². The van der Waals surface area contributed by atoms with Crippen LogP contribution < -0.4 is 10.2 Å². The number of unbranched alkanes of at least 4 members (excludes halogenated alkanes) is 39. The first-order valence-corrected chi connectivity index (χ1v) is 38.7. The third kappa shape index (κ3) is 70.6. The van der Waals surface area contributed by atoms with Crippen molar-refractivity contribution in [3.05, 3.63) is 109 Å². The summed E-state index contributed by atoms with van der Waals surface area (Å²) in [5, 5.41) is 14.0. The normalized spacial score (nSPS) is 14.2. The van der Waals surface area contributed by atoms with Gasteiger partial charge >= 0.3 is 0 Å². The summed E-state index contributed by atoms with van der Waals surface area (Å²) in [6, 6.07) is -0.913. The maximum atomic E-state index is 13.1. The zero-order valence-electron chi connectivity index (χ0n) is 58.4. The van der Waals surface area contributed by atoms with Crippen molar-refractivity contribution >= 4 is 13.7 Å². The summed E-state index contributed by atoms with van der Waals surface area (Å²) >= 11 is 0. The molecule has 1 amide bonds. The fraction of sp³-hybridized carbons (Fsp3) is 0.759. The summed E-state index contributed by atoms with van der Waals surface area (Å²) in [5.41, 5.74) is 0. The molecule has 8 nitrogen and oxygen atoms in total. The van der Waals surface area contributed by atoms with Gasteiger partial charge in [0.25, 0.3) is 7.82 Å². The van der Waals surface area contributed by atoms with Crippen LogP contribution in [0, 0.1) is 0 Å². The number of aliphatic hydroxyl groups is 1. The van der Waals surface area contributed by atoms with E-state index in [1.54, 1.807) is 6.08 Å². The van der Waals surface area contributed by atoms with Crippen molar-refractivity contribution in [2.75, 3.05) is 40.9 Å². The number of amides is 1. The van der Waals surface area contributed by atoms with Crippen molar-refractivity contribution in [2.24, 2.45) is 0 Å². The maximum absolute atomic E-state index is 13.1. The Kier molecular flexibility index (Phi) is 66.3. The second kappa shape index (κ2) is 68.5. The number of phosphoric acid groups is 1. The van der Waals surface area contributed by atoms with Crippen LogP contribution in [0.4, 0.5) is 0 Å². The van der Waals surface area contributed by atoms with Crippen LogP contribution in [-0.4, -0.2) is 68.5 Å². The number of likely N-dealkylation sites (N-methyl/N-ethyl adjacent to an activating group) is 1. The van der Waals surface area contributed by atoms with Crippen LogP contribution in [0.2, 0.25) is 0 Å².